The normalized spacial score (nSPS) is 17.9. The second-order valence-corrected chi connectivity index (χ2v) is 8.92. The maximum absolute atomic E-state index is 13.0. The molecule has 0 aromatic heterocycles. The number of carbonyl (C=O) groups is 3. The molecule has 0 aliphatic carbocycles. The Labute approximate surface area is 174 Å². The Morgan fingerprint density at radius 3 is 2.48 bits per heavy atom. The van der Waals surface area contributed by atoms with E-state index in [4.69, 9.17) is 0 Å². The summed E-state index contributed by atoms with van der Waals surface area (Å²) in [5.41, 5.74) is 1.68. The molecule has 0 saturated carbocycles. The van der Waals surface area contributed by atoms with Crippen LogP contribution < -0.4 is 10.2 Å². The van der Waals surface area contributed by atoms with Gasteiger partial charge < -0.3 is 15.1 Å². The number of carbonyl (C=O) groups excluding carboxylic acids is 3. The van der Waals surface area contributed by atoms with Gasteiger partial charge in [0.2, 0.25) is 17.7 Å². The maximum Gasteiger partial charge on any atom is 0.240 e. The Hall–Kier alpha value is -2.37. The summed E-state index contributed by atoms with van der Waals surface area (Å²) in [5.74, 6) is -0.435. The zero-order valence-electron chi connectivity index (χ0n) is 18.6. The first kappa shape index (κ1) is 22.9. The molecule has 6 heteroatoms. The van der Waals surface area contributed by atoms with E-state index in [1.165, 1.54) is 0 Å². The van der Waals surface area contributed by atoms with E-state index in [2.05, 4.69) is 25.2 Å². The second-order valence-electron chi connectivity index (χ2n) is 8.92. The molecule has 0 radical (unpaired) electrons. The summed E-state index contributed by atoms with van der Waals surface area (Å²) >= 11 is 0. The van der Waals surface area contributed by atoms with Gasteiger partial charge in [-0.3, -0.25) is 14.4 Å². The maximum atomic E-state index is 13.0. The van der Waals surface area contributed by atoms with Crippen molar-refractivity contribution in [1.29, 1.82) is 0 Å². The smallest absolute Gasteiger partial charge is 0.240 e. The number of benzene rings is 1. The highest BCUT2D eigenvalue weighted by Crippen LogP contribution is 2.33. The molecule has 29 heavy (non-hydrogen) atoms. The predicted octanol–water partition coefficient (Wildman–Crippen LogP) is 3.32. The third kappa shape index (κ3) is 5.81. The Bertz CT molecular complexity index is 754. The molecule has 0 spiro atoms. The summed E-state index contributed by atoms with van der Waals surface area (Å²) in [5, 5.41) is 2.89. The van der Waals surface area contributed by atoms with Crippen LogP contribution in [0.25, 0.3) is 0 Å². The number of anilines is 1. The first-order valence-corrected chi connectivity index (χ1v) is 10.6. The molecule has 2 unspecified atom stereocenters. The third-order valence-corrected chi connectivity index (χ3v) is 5.39. The number of nitrogens with one attached hydrogen (secondary N) is 1. The second kappa shape index (κ2) is 9.42. The van der Waals surface area contributed by atoms with Crippen molar-refractivity contribution in [3.8, 4) is 0 Å². The lowest BCUT2D eigenvalue weighted by atomic mass is 9.96. The minimum absolute atomic E-state index is 0.0146. The molecular formula is C23H35N3O3. The molecule has 1 heterocycles. The van der Waals surface area contributed by atoms with Gasteiger partial charge in [-0.2, -0.15) is 0 Å². The van der Waals surface area contributed by atoms with E-state index in [1.807, 2.05) is 45.9 Å². The zero-order valence-corrected chi connectivity index (χ0v) is 18.6. The van der Waals surface area contributed by atoms with Crippen LogP contribution in [0.3, 0.4) is 0 Å². The Morgan fingerprint density at radius 1 is 1.24 bits per heavy atom. The highest BCUT2D eigenvalue weighted by Gasteiger charge is 2.38. The average molecular weight is 402 g/mol. The van der Waals surface area contributed by atoms with E-state index >= 15 is 0 Å². The standard InChI is InChI=1S/C23H35N3O3/c1-7-16(3)18-11-9-10-12-19(18)26-14-17(13-21(26)28)22(29)25(8-2)15-20(27)24-23(4,5)6/h9-12,16-17H,7-8,13-15H2,1-6H3,(H,24,27). The van der Waals surface area contributed by atoms with Crippen LogP contribution in [0.5, 0.6) is 0 Å². The fourth-order valence-corrected chi connectivity index (χ4v) is 3.71. The summed E-state index contributed by atoms with van der Waals surface area (Å²) < 4.78 is 0. The monoisotopic (exact) mass is 401 g/mol. The van der Waals surface area contributed by atoms with Crippen molar-refractivity contribution in [2.75, 3.05) is 24.5 Å². The SMILES string of the molecule is CCC(C)c1ccccc1N1CC(C(=O)N(CC)CC(=O)NC(C)(C)C)CC1=O. The van der Waals surface area contributed by atoms with E-state index < -0.39 is 5.92 Å². The number of rotatable bonds is 7. The number of hydrogen-bond acceptors (Lipinski definition) is 3. The minimum Gasteiger partial charge on any atom is -0.350 e. The minimum atomic E-state index is -0.421. The van der Waals surface area contributed by atoms with Gasteiger partial charge in [-0.05, 0) is 51.7 Å². The van der Waals surface area contributed by atoms with E-state index in [0.29, 0.717) is 19.0 Å². The highest BCUT2D eigenvalue weighted by molar-refractivity contribution is 6.01. The van der Waals surface area contributed by atoms with Crippen molar-refractivity contribution in [3.05, 3.63) is 29.8 Å². The van der Waals surface area contributed by atoms with Crippen molar-refractivity contribution in [3.63, 3.8) is 0 Å². The molecule has 1 aliphatic rings. The zero-order chi connectivity index (χ0) is 21.8. The van der Waals surface area contributed by atoms with Crippen LogP contribution in [-0.2, 0) is 14.4 Å². The van der Waals surface area contributed by atoms with Gasteiger partial charge in [-0.15, -0.1) is 0 Å². The lowest BCUT2D eigenvalue weighted by Gasteiger charge is -2.27. The Morgan fingerprint density at radius 2 is 1.90 bits per heavy atom. The van der Waals surface area contributed by atoms with Gasteiger partial charge in [-0.1, -0.05) is 32.0 Å². The van der Waals surface area contributed by atoms with Crippen LogP contribution in [0.15, 0.2) is 24.3 Å². The lowest BCUT2D eigenvalue weighted by molar-refractivity contribution is -0.139. The molecule has 2 atom stereocenters. The van der Waals surface area contributed by atoms with Gasteiger partial charge in [-0.25, -0.2) is 0 Å². The van der Waals surface area contributed by atoms with Gasteiger partial charge in [0.15, 0.2) is 0 Å². The summed E-state index contributed by atoms with van der Waals surface area (Å²) in [4.78, 5) is 41.3. The molecule has 1 fully saturated rings. The van der Waals surface area contributed by atoms with Crippen LogP contribution in [-0.4, -0.2) is 47.8 Å². The molecule has 160 valence electrons. The van der Waals surface area contributed by atoms with Gasteiger partial charge in [0, 0.05) is 30.7 Å². The summed E-state index contributed by atoms with van der Waals surface area (Å²) in [6, 6.07) is 7.93. The fraction of sp³-hybridized carbons (Fsp3) is 0.609. The summed E-state index contributed by atoms with van der Waals surface area (Å²) in [6.07, 6.45) is 1.17. The molecule has 3 amide bonds. The van der Waals surface area contributed by atoms with Crippen LogP contribution >= 0.6 is 0 Å². The summed E-state index contributed by atoms with van der Waals surface area (Å²) in [7, 11) is 0. The van der Waals surface area contributed by atoms with Crippen molar-refractivity contribution in [2.24, 2.45) is 5.92 Å². The van der Waals surface area contributed by atoms with E-state index in [0.717, 1.165) is 17.7 Å². The largest absolute Gasteiger partial charge is 0.350 e. The molecule has 0 bridgehead atoms. The number of para-hydroxylation sites is 1. The Kier molecular flexibility index (Phi) is 7.44. The van der Waals surface area contributed by atoms with Gasteiger partial charge >= 0.3 is 0 Å². The van der Waals surface area contributed by atoms with Crippen LogP contribution in [0.2, 0.25) is 0 Å². The van der Waals surface area contributed by atoms with Crippen molar-refractivity contribution in [1.82, 2.24) is 10.2 Å². The molecule has 1 aromatic rings. The first-order valence-electron chi connectivity index (χ1n) is 10.6. The number of likely N-dealkylation sites (N-methyl/N-ethyl adjacent to an activating group) is 1. The van der Waals surface area contributed by atoms with E-state index in [9.17, 15) is 14.4 Å². The first-order chi connectivity index (χ1) is 13.6. The Balaban J connectivity index is 2.13. The molecule has 2 rings (SSSR count). The van der Waals surface area contributed by atoms with Crippen molar-refractivity contribution >= 4 is 23.4 Å². The van der Waals surface area contributed by atoms with Gasteiger partial charge in [0.05, 0.1) is 12.5 Å². The molecule has 1 aliphatic heterocycles. The van der Waals surface area contributed by atoms with Gasteiger partial charge in [0.25, 0.3) is 0 Å². The fourth-order valence-electron chi connectivity index (χ4n) is 3.71. The molecular weight excluding hydrogens is 366 g/mol. The predicted molar refractivity (Wildman–Crippen MR) is 116 cm³/mol. The van der Waals surface area contributed by atoms with Crippen LogP contribution in [0, 0.1) is 5.92 Å². The molecule has 6 nitrogen and oxygen atoms in total. The van der Waals surface area contributed by atoms with Crippen molar-refractivity contribution in [2.45, 2.75) is 65.8 Å². The number of nitrogens with zero attached hydrogens (tertiary/aromatic N) is 2. The van der Waals surface area contributed by atoms with E-state index in [-0.39, 0.29) is 36.2 Å². The number of hydrogen-bond donors (Lipinski definition) is 1. The summed E-state index contributed by atoms with van der Waals surface area (Å²) in [6.45, 7) is 12.7. The molecule has 1 aromatic carbocycles. The average Bonchev–Trinajstić information content (AvgIpc) is 3.05. The third-order valence-electron chi connectivity index (χ3n) is 5.39. The van der Waals surface area contributed by atoms with Crippen LogP contribution in [0.1, 0.15) is 65.9 Å². The van der Waals surface area contributed by atoms with Gasteiger partial charge in [0.1, 0.15) is 0 Å². The van der Waals surface area contributed by atoms with Crippen molar-refractivity contribution < 1.29 is 14.4 Å². The van der Waals surface area contributed by atoms with Crippen LogP contribution in [0.4, 0.5) is 5.69 Å². The quantitative estimate of drug-likeness (QED) is 0.762. The molecule has 1 N–H and O–H groups in total. The highest BCUT2D eigenvalue weighted by atomic mass is 16.2. The van der Waals surface area contributed by atoms with E-state index in [1.54, 1.807) is 9.80 Å². The molecule has 1 saturated heterocycles. The number of amides is 3. The topological polar surface area (TPSA) is 69.7 Å². The lowest BCUT2D eigenvalue weighted by Crippen LogP contribution is -2.48.